The molecule has 0 saturated heterocycles. The van der Waals surface area contributed by atoms with E-state index >= 15 is 0 Å². The molecular formula is C18H17NO3. The Labute approximate surface area is 129 Å². The highest BCUT2D eigenvalue weighted by atomic mass is 16.5. The zero-order valence-electron chi connectivity index (χ0n) is 12.5. The lowest BCUT2D eigenvalue weighted by molar-refractivity contribution is -0.139. The Morgan fingerprint density at radius 3 is 2.36 bits per heavy atom. The Morgan fingerprint density at radius 1 is 1.09 bits per heavy atom. The van der Waals surface area contributed by atoms with Gasteiger partial charge in [-0.15, -0.1) is 0 Å². The van der Waals surface area contributed by atoms with E-state index in [0.717, 1.165) is 5.56 Å². The summed E-state index contributed by atoms with van der Waals surface area (Å²) in [6.07, 6.45) is 1.39. The van der Waals surface area contributed by atoms with Gasteiger partial charge in [0.05, 0.1) is 17.4 Å². The molecule has 0 saturated carbocycles. The first kappa shape index (κ1) is 14.5. The predicted molar refractivity (Wildman–Crippen MR) is 82.7 cm³/mol. The Morgan fingerprint density at radius 2 is 1.77 bits per heavy atom. The van der Waals surface area contributed by atoms with Crippen LogP contribution in [0.25, 0.3) is 5.57 Å². The molecule has 0 fully saturated rings. The van der Waals surface area contributed by atoms with E-state index in [4.69, 9.17) is 4.74 Å². The minimum Gasteiger partial charge on any atom is -0.491 e. The van der Waals surface area contributed by atoms with Gasteiger partial charge in [-0.25, -0.2) is 0 Å². The highest BCUT2D eigenvalue weighted by Gasteiger charge is 2.57. The van der Waals surface area contributed by atoms with Gasteiger partial charge in [-0.1, -0.05) is 36.4 Å². The van der Waals surface area contributed by atoms with E-state index in [1.54, 1.807) is 24.4 Å². The lowest BCUT2D eigenvalue weighted by Gasteiger charge is -2.39. The fourth-order valence-corrected chi connectivity index (χ4v) is 2.56. The summed E-state index contributed by atoms with van der Waals surface area (Å²) in [5.41, 5.74) is -0.349. The molecule has 1 aliphatic rings. The van der Waals surface area contributed by atoms with E-state index < -0.39 is 5.60 Å². The summed E-state index contributed by atoms with van der Waals surface area (Å²) in [6, 6.07) is 14.3. The molecule has 1 unspecified atom stereocenters. The number of Topliss-reactive ketones (excluding diaryl/α,β-unsaturated/α-hetero) is 1. The molecular weight excluding hydrogens is 278 g/mol. The van der Waals surface area contributed by atoms with Crippen LogP contribution in [0.3, 0.4) is 0 Å². The van der Waals surface area contributed by atoms with Crippen LogP contribution in [0.15, 0.2) is 60.5 Å². The molecule has 1 aromatic heterocycles. The lowest BCUT2D eigenvalue weighted by Crippen LogP contribution is -2.49. The van der Waals surface area contributed by atoms with E-state index in [1.807, 2.05) is 44.2 Å². The van der Waals surface area contributed by atoms with Gasteiger partial charge in [0.15, 0.2) is 5.76 Å². The molecule has 2 aromatic rings. The SMILES string of the molecule is CC(C)OC1=C(c2ccccc2)C(=O)C1(O)c1ccccn1. The van der Waals surface area contributed by atoms with Crippen LogP contribution >= 0.6 is 0 Å². The van der Waals surface area contributed by atoms with Gasteiger partial charge < -0.3 is 9.84 Å². The number of hydrogen-bond donors (Lipinski definition) is 1. The standard InChI is InChI=1S/C18H17NO3/c1-12(2)22-17-15(13-8-4-3-5-9-13)16(20)18(17,21)14-10-6-7-11-19-14/h3-12,21H,1-2H3. The van der Waals surface area contributed by atoms with Crippen molar-refractivity contribution in [2.45, 2.75) is 25.6 Å². The molecule has 0 aliphatic heterocycles. The van der Waals surface area contributed by atoms with Crippen LogP contribution < -0.4 is 0 Å². The predicted octanol–water partition coefficient (Wildman–Crippen LogP) is 2.69. The smallest absolute Gasteiger partial charge is 0.228 e. The number of ether oxygens (including phenoxy) is 1. The van der Waals surface area contributed by atoms with Crippen LogP contribution in [0.4, 0.5) is 0 Å². The fourth-order valence-electron chi connectivity index (χ4n) is 2.56. The minimum absolute atomic E-state index is 0.156. The van der Waals surface area contributed by atoms with Gasteiger partial charge in [0.1, 0.15) is 0 Å². The van der Waals surface area contributed by atoms with Crippen molar-refractivity contribution >= 4 is 11.4 Å². The Kier molecular flexibility index (Phi) is 3.54. The quantitative estimate of drug-likeness (QED) is 0.942. The maximum Gasteiger partial charge on any atom is 0.228 e. The van der Waals surface area contributed by atoms with E-state index in [2.05, 4.69) is 4.98 Å². The van der Waals surface area contributed by atoms with Gasteiger partial charge in [0.2, 0.25) is 11.4 Å². The summed E-state index contributed by atoms with van der Waals surface area (Å²) in [5, 5.41) is 10.9. The van der Waals surface area contributed by atoms with Gasteiger partial charge in [-0.05, 0) is 31.5 Å². The van der Waals surface area contributed by atoms with Crippen molar-refractivity contribution in [2.24, 2.45) is 0 Å². The van der Waals surface area contributed by atoms with Gasteiger partial charge in [0.25, 0.3) is 0 Å². The molecule has 4 nitrogen and oxygen atoms in total. The van der Waals surface area contributed by atoms with Gasteiger partial charge in [-0.2, -0.15) is 0 Å². The average molecular weight is 295 g/mol. The van der Waals surface area contributed by atoms with Crippen LogP contribution in [0.2, 0.25) is 0 Å². The fraction of sp³-hybridized carbons (Fsp3) is 0.222. The van der Waals surface area contributed by atoms with E-state index in [1.165, 1.54) is 0 Å². The van der Waals surface area contributed by atoms with Crippen LogP contribution in [-0.2, 0) is 15.1 Å². The minimum atomic E-state index is -1.79. The number of carbonyl (C=O) groups is 1. The summed E-state index contributed by atoms with van der Waals surface area (Å²) >= 11 is 0. The molecule has 1 N–H and O–H groups in total. The summed E-state index contributed by atoms with van der Waals surface area (Å²) in [4.78, 5) is 16.8. The molecule has 22 heavy (non-hydrogen) atoms. The number of ketones is 1. The normalized spacial score (nSPS) is 21.0. The first-order valence-electron chi connectivity index (χ1n) is 7.20. The first-order valence-corrected chi connectivity index (χ1v) is 7.20. The number of aliphatic hydroxyl groups is 1. The van der Waals surface area contributed by atoms with Crippen LogP contribution in [-0.4, -0.2) is 22.0 Å². The summed E-state index contributed by atoms with van der Waals surface area (Å²) in [6.45, 7) is 3.72. The van der Waals surface area contributed by atoms with E-state index in [0.29, 0.717) is 5.57 Å². The Balaban J connectivity index is 2.14. The first-order chi connectivity index (χ1) is 10.5. The number of nitrogens with zero attached hydrogens (tertiary/aromatic N) is 1. The molecule has 1 aliphatic carbocycles. The van der Waals surface area contributed by atoms with Gasteiger partial charge in [-0.3, -0.25) is 9.78 Å². The number of hydrogen-bond acceptors (Lipinski definition) is 4. The largest absolute Gasteiger partial charge is 0.491 e. The summed E-state index contributed by atoms with van der Waals surface area (Å²) in [5.74, 6) is -0.106. The topological polar surface area (TPSA) is 59.4 Å². The zero-order chi connectivity index (χ0) is 15.7. The third-order valence-electron chi connectivity index (χ3n) is 3.56. The highest BCUT2D eigenvalue weighted by Crippen LogP contribution is 2.47. The number of carbonyl (C=O) groups excluding carboxylic acids is 1. The molecule has 1 atom stereocenters. The molecule has 4 heteroatoms. The maximum atomic E-state index is 12.6. The molecule has 1 heterocycles. The van der Waals surface area contributed by atoms with Crippen molar-refractivity contribution in [3.8, 4) is 0 Å². The van der Waals surface area contributed by atoms with Crippen molar-refractivity contribution in [1.29, 1.82) is 0 Å². The third kappa shape index (κ3) is 2.12. The molecule has 3 rings (SSSR count). The monoisotopic (exact) mass is 295 g/mol. The van der Waals surface area contributed by atoms with E-state index in [9.17, 15) is 9.90 Å². The van der Waals surface area contributed by atoms with Crippen molar-refractivity contribution in [3.63, 3.8) is 0 Å². The maximum absolute atomic E-state index is 12.6. The van der Waals surface area contributed by atoms with Crippen molar-refractivity contribution in [1.82, 2.24) is 4.98 Å². The van der Waals surface area contributed by atoms with Crippen LogP contribution in [0.5, 0.6) is 0 Å². The Bertz CT molecular complexity index is 723. The van der Waals surface area contributed by atoms with Crippen molar-refractivity contribution in [2.75, 3.05) is 0 Å². The van der Waals surface area contributed by atoms with Crippen molar-refractivity contribution in [3.05, 3.63) is 71.7 Å². The second kappa shape index (κ2) is 5.39. The number of pyridine rings is 1. The molecule has 1 aromatic carbocycles. The highest BCUT2D eigenvalue weighted by molar-refractivity contribution is 6.33. The van der Waals surface area contributed by atoms with Gasteiger partial charge >= 0.3 is 0 Å². The van der Waals surface area contributed by atoms with Crippen LogP contribution in [0.1, 0.15) is 25.1 Å². The van der Waals surface area contributed by atoms with Crippen LogP contribution in [0, 0.1) is 0 Å². The molecule has 0 amide bonds. The summed E-state index contributed by atoms with van der Waals surface area (Å²) in [7, 11) is 0. The molecule has 0 bridgehead atoms. The number of benzene rings is 1. The number of rotatable bonds is 4. The second-order valence-electron chi connectivity index (χ2n) is 5.49. The zero-order valence-corrected chi connectivity index (χ0v) is 12.5. The molecule has 0 spiro atoms. The third-order valence-corrected chi connectivity index (χ3v) is 3.56. The second-order valence-corrected chi connectivity index (χ2v) is 5.49. The Hall–Kier alpha value is -2.46. The lowest BCUT2D eigenvalue weighted by atomic mass is 9.72. The summed E-state index contributed by atoms with van der Waals surface area (Å²) < 4.78 is 5.76. The average Bonchev–Trinajstić information content (AvgIpc) is 2.55. The van der Waals surface area contributed by atoms with Gasteiger partial charge in [0, 0.05) is 6.20 Å². The van der Waals surface area contributed by atoms with Crippen molar-refractivity contribution < 1.29 is 14.6 Å². The van der Waals surface area contributed by atoms with E-state index in [-0.39, 0.29) is 23.3 Å². The number of aromatic nitrogens is 1. The molecule has 112 valence electrons. The molecule has 0 radical (unpaired) electrons.